The van der Waals surface area contributed by atoms with Crippen LogP contribution in [0.2, 0.25) is 0 Å². The normalized spacial score (nSPS) is 17.8. The molecule has 0 bridgehead atoms. The molecule has 15 heavy (non-hydrogen) atoms. The van der Waals surface area contributed by atoms with Gasteiger partial charge in [0, 0.05) is 0 Å². The molecule has 0 aromatic heterocycles. The van der Waals surface area contributed by atoms with E-state index in [-0.39, 0.29) is 0 Å². The second-order valence-corrected chi connectivity index (χ2v) is 4.67. The molecule has 0 heterocycles. The molecule has 2 heteroatoms. The number of carboxylic acid groups (broad SMARTS) is 1. The quantitative estimate of drug-likeness (QED) is 0.822. The molecule has 0 saturated heterocycles. The second kappa shape index (κ2) is 3.37. The van der Waals surface area contributed by atoms with E-state index in [1.54, 1.807) is 0 Å². The summed E-state index contributed by atoms with van der Waals surface area (Å²) in [6.45, 7) is 4.25. The van der Waals surface area contributed by atoms with E-state index in [2.05, 4.69) is 19.9 Å². The summed E-state index contributed by atoms with van der Waals surface area (Å²) in [7, 11) is 0. The van der Waals surface area contributed by atoms with Gasteiger partial charge in [0.2, 0.25) is 0 Å². The zero-order valence-electron chi connectivity index (χ0n) is 9.16. The molecule has 0 aliphatic heterocycles. The van der Waals surface area contributed by atoms with E-state index in [1.807, 2.05) is 18.2 Å². The van der Waals surface area contributed by atoms with Gasteiger partial charge in [-0.25, -0.2) is 0 Å². The third-order valence-corrected chi connectivity index (χ3v) is 3.27. The molecule has 1 aromatic rings. The van der Waals surface area contributed by atoms with Crippen molar-refractivity contribution in [3.8, 4) is 0 Å². The molecule has 0 amide bonds. The summed E-state index contributed by atoms with van der Waals surface area (Å²) in [5.41, 5.74) is 1.63. The first kappa shape index (κ1) is 10.2. The first-order chi connectivity index (χ1) is 7.06. The lowest BCUT2D eigenvalue weighted by Crippen LogP contribution is -2.19. The van der Waals surface area contributed by atoms with Crippen molar-refractivity contribution < 1.29 is 9.90 Å². The Morgan fingerprint density at radius 1 is 1.40 bits per heavy atom. The highest BCUT2D eigenvalue weighted by Gasteiger charge is 2.51. The van der Waals surface area contributed by atoms with Gasteiger partial charge in [-0.15, -0.1) is 0 Å². The first-order valence-corrected chi connectivity index (χ1v) is 5.40. The highest BCUT2D eigenvalue weighted by molar-refractivity contribution is 5.84. The number of carbonyl (C=O) groups is 1. The van der Waals surface area contributed by atoms with E-state index in [1.165, 1.54) is 5.56 Å². The summed E-state index contributed by atoms with van der Waals surface area (Å²) < 4.78 is 0. The van der Waals surface area contributed by atoms with Gasteiger partial charge in [-0.1, -0.05) is 38.1 Å². The Balaban J connectivity index is 2.37. The molecular weight excluding hydrogens is 188 g/mol. The molecule has 1 aliphatic carbocycles. The van der Waals surface area contributed by atoms with Crippen LogP contribution in [-0.4, -0.2) is 11.1 Å². The lowest BCUT2D eigenvalue weighted by atomic mass is 9.92. The van der Waals surface area contributed by atoms with E-state index in [0.717, 1.165) is 18.4 Å². The summed E-state index contributed by atoms with van der Waals surface area (Å²) in [5, 5.41) is 9.19. The van der Waals surface area contributed by atoms with Crippen molar-refractivity contribution in [2.24, 2.45) is 0 Å². The molecular formula is C13H16O2. The monoisotopic (exact) mass is 204 g/mol. The molecule has 80 valence electrons. The molecule has 1 saturated carbocycles. The van der Waals surface area contributed by atoms with Crippen LogP contribution in [0.5, 0.6) is 0 Å². The van der Waals surface area contributed by atoms with Crippen LogP contribution < -0.4 is 0 Å². The number of rotatable bonds is 3. The summed E-state index contributed by atoms with van der Waals surface area (Å²) in [6, 6.07) is 8.01. The Morgan fingerprint density at radius 2 is 2.07 bits per heavy atom. The first-order valence-electron chi connectivity index (χ1n) is 5.40. The number of hydrogen-bond acceptors (Lipinski definition) is 1. The summed E-state index contributed by atoms with van der Waals surface area (Å²) in [5.74, 6) is -0.224. The maximum Gasteiger partial charge on any atom is 0.314 e. The minimum Gasteiger partial charge on any atom is -0.481 e. The maximum absolute atomic E-state index is 11.2. The molecule has 1 fully saturated rings. The second-order valence-electron chi connectivity index (χ2n) is 4.67. The van der Waals surface area contributed by atoms with E-state index < -0.39 is 11.4 Å². The fourth-order valence-electron chi connectivity index (χ4n) is 1.95. The minimum absolute atomic E-state index is 0.453. The zero-order chi connectivity index (χ0) is 11.1. The van der Waals surface area contributed by atoms with Crippen molar-refractivity contribution in [2.45, 2.75) is 38.0 Å². The van der Waals surface area contributed by atoms with Gasteiger partial charge in [0.1, 0.15) is 0 Å². The number of aliphatic carboxylic acids is 1. The Labute approximate surface area is 89.9 Å². The third-order valence-electron chi connectivity index (χ3n) is 3.27. The van der Waals surface area contributed by atoms with Crippen molar-refractivity contribution in [3.05, 3.63) is 35.4 Å². The summed E-state index contributed by atoms with van der Waals surface area (Å²) in [6.07, 6.45) is 1.56. The molecule has 0 unspecified atom stereocenters. The number of carboxylic acids is 1. The largest absolute Gasteiger partial charge is 0.481 e. The van der Waals surface area contributed by atoms with E-state index >= 15 is 0 Å². The van der Waals surface area contributed by atoms with Crippen LogP contribution in [0.3, 0.4) is 0 Å². The fraction of sp³-hybridized carbons (Fsp3) is 0.462. The van der Waals surface area contributed by atoms with E-state index in [4.69, 9.17) is 0 Å². The fourth-order valence-corrected chi connectivity index (χ4v) is 1.95. The average molecular weight is 204 g/mol. The van der Waals surface area contributed by atoms with Crippen LogP contribution in [0.25, 0.3) is 0 Å². The van der Waals surface area contributed by atoms with Crippen LogP contribution >= 0.6 is 0 Å². The van der Waals surface area contributed by atoms with Gasteiger partial charge in [-0.2, -0.15) is 0 Å². The Morgan fingerprint density at radius 3 is 2.53 bits per heavy atom. The topological polar surface area (TPSA) is 37.3 Å². The Kier molecular flexibility index (Phi) is 2.29. The molecule has 0 radical (unpaired) electrons. The van der Waals surface area contributed by atoms with Crippen LogP contribution in [0, 0.1) is 0 Å². The molecule has 2 nitrogen and oxygen atoms in total. The SMILES string of the molecule is CC(C)c1cccc(C2(C(=O)O)CC2)c1. The predicted molar refractivity (Wildman–Crippen MR) is 59.1 cm³/mol. The van der Waals surface area contributed by atoms with Gasteiger partial charge in [0.15, 0.2) is 0 Å². The Bertz CT molecular complexity index is 389. The van der Waals surface area contributed by atoms with Crippen molar-refractivity contribution in [2.75, 3.05) is 0 Å². The minimum atomic E-state index is -0.677. The van der Waals surface area contributed by atoms with Crippen LogP contribution in [0.1, 0.15) is 43.7 Å². The number of benzene rings is 1. The van der Waals surface area contributed by atoms with Gasteiger partial charge < -0.3 is 5.11 Å². The van der Waals surface area contributed by atoms with Crippen molar-refractivity contribution in [3.63, 3.8) is 0 Å². The van der Waals surface area contributed by atoms with E-state index in [9.17, 15) is 9.90 Å². The highest BCUT2D eigenvalue weighted by atomic mass is 16.4. The van der Waals surface area contributed by atoms with Gasteiger partial charge in [0.05, 0.1) is 5.41 Å². The number of hydrogen-bond donors (Lipinski definition) is 1. The molecule has 0 spiro atoms. The van der Waals surface area contributed by atoms with Crippen molar-refractivity contribution in [1.29, 1.82) is 0 Å². The van der Waals surface area contributed by atoms with E-state index in [0.29, 0.717) is 5.92 Å². The average Bonchev–Trinajstić information content (AvgIpc) is 2.98. The molecule has 1 N–H and O–H groups in total. The van der Waals surface area contributed by atoms with Gasteiger partial charge >= 0.3 is 5.97 Å². The van der Waals surface area contributed by atoms with Crippen LogP contribution in [0.4, 0.5) is 0 Å². The lowest BCUT2D eigenvalue weighted by Gasteiger charge is -2.13. The van der Waals surface area contributed by atoms with Gasteiger partial charge in [0.25, 0.3) is 0 Å². The summed E-state index contributed by atoms with van der Waals surface area (Å²) in [4.78, 5) is 11.2. The van der Waals surface area contributed by atoms with Crippen LogP contribution in [0.15, 0.2) is 24.3 Å². The highest BCUT2D eigenvalue weighted by Crippen LogP contribution is 2.48. The van der Waals surface area contributed by atoms with Crippen molar-refractivity contribution >= 4 is 5.97 Å². The lowest BCUT2D eigenvalue weighted by molar-refractivity contribution is -0.140. The van der Waals surface area contributed by atoms with Crippen LogP contribution in [-0.2, 0) is 10.2 Å². The predicted octanol–water partition coefficient (Wildman–Crippen LogP) is 2.93. The van der Waals surface area contributed by atoms with Gasteiger partial charge in [-0.3, -0.25) is 4.79 Å². The zero-order valence-corrected chi connectivity index (χ0v) is 9.16. The summed E-state index contributed by atoms with van der Waals surface area (Å²) >= 11 is 0. The van der Waals surface area contributed by atoms with Crippen molar-refractivity contribution in [1.82, 2.24) is 0 Å². The Hall–Kier alpha value is -1.31. The third kappa shape index (κ3) is 1.65. The molecule has 0 atom stereocenters. The smallest absolute Gasteiger partial charge is 0.314 e. The molecule has 1 aromatic carbocycles. The standard InChI is InChI=1S/C13H16O2/c1-9(2)10-4-3-5-11(8-10)13(6-7-13)12(14)15/h3-5,8-9H,6-7H2,1-2H3,(H,14,15). The molecule has 2 rings (SSSR count). The van der Waals surface area contributed by atoms with Gasteiger partial charge in [-0.05, 0) is 29.9 Å². The maximum atomic E-state index is 11.2. The molecule has 1 aliphatic rings.